The van der Waals surface area contributed by atoms with Crippen LogP contribution in [-0.2, 0) is 21.2 Å². The summed E-state index contributed by atoms with van der Waals surface area (Å²) < 4.78 is 38.7. The molecule has 0 unspecified atom stereocenters. The Hall–Kier alpha value is -2.09. The van der Waals surface area contributed by atoms with Crippen LogP contribution in [-0.4, -0.2) is 40.5 Å². The van der Waals surface area contributed by atoms with E-state index in [0.717, 1.165) is 12.1 Å². The Kier molecular flexibility index (Phi) is 3.63. The normalized spacial score (nSPS) is 25.6. The molecule has 0 aromatic heterocycles. The molecule has 2 fully saturated rings. The summed E-state index contributed by atoms with van der Waals surface area (Å²) in [5, 5.41) is 10.1. The van der Waals surface area contributed by atoms with Crippen LogP contribution in [0.1, 0.15) is 30.4 Å². The highest BCUT2D eigenvalue weighted by Crippen LogP contribution is 2.51. The Labute approximate surface area is 136 Å². The lowest BCUT2D eigenvalue weighted by Crippen LogP contribution is -2.48. The molecule has 1 heterocycles. The van der Waals surface area contributed by atoms with Crippen LogP contribution in [0, 0.1) is 0 Å². The lowest BCUT2D eigenvalue weighted by molar-refractivity contribution is -0.139. The highest BCUT2D eigenvalue weighted by atomic mass is 19.4. The SMILES string of the molecule is NC(=O)[C@@]1(O)CCN(C(=O)C2(c3cccc(C(F)(F)F)c3)CC2)C1. The van der Waals surface area contributed by atoms with E-state index in [-0.39, 0.29) is 25.4 Å². The van der Waals surface area contributed by atoms with Gasteiger partial charge in [0.2, 0.25) is 5.91 Å². The first-order valence-electron chi connectivity index (χ1n) is 7.58. The smallest absolute Gasteiger partial charge is 0.378 e. The molecular formula is C16H17F3N2O3. The standard InChI is InChI=1S/C16H17F3N2O3/c17-16(18,19)11-3-1-2-10(8-11)14(4-5-14)13(23)21-7-6-15(24,9-21)12(20)22/h1-3,8,24H,4-7,9H2,(H2,20,22)/t15-/m1/s1. The minimum Gasteiger partial charge on any atom is -0.378 e. The maximum Gasteiger partial charge on any atom is 0.416 e. The zero-order valence-electron chi connectivity index (χ0n) is 12.8. The molecule has 1 saturated heterocycles. The number of nitrogens with two attached hydrogens (primary N) is 1. The highest BCUT2D eigenvalue weighted by Gasteiger charge is 2.56. The fraction of sp³-hybridized carbons (Fsp3) is 0.500. The summed E-state index contributed by atoms with van der Waals surface area (Å²) in [6, 6.07) is 4.76. The maximum absolute atomic E-state index is 12.9. The first-order chi connectivity index (χ1) is 11.1. The van der Waals surface area contributed by atoms with Crippen LogP contribution < -0.4 is 5.73 Å². The minimum absolute atomic E-state index is 0.0345. The fourth-order valence-corrected chi connectivity index (χ4v) is 3.22. The highest BCUT2D eigenvalue weighted by molar-refractivity contribution is 5.93. The summed E-state index contributed by atoms with van der Waals surface area (Å²) in [5.41, 5.74) is 1.91. The second-order valence-corrected chi connectivity index (χ2v) is 6.53. The molecule has 5 nitrogen and oxygen atoms in total. The van der Waals surface area contributed by atoms with E-state index < -0.39 is 28.7 Å². The number of hydrogen-bond donors (Lipinski definition) is 2. The average Bonchev–Trinajstić information content (AvgIpc) is 3.23. The Bertz CT molecular complexity index is 700. The van der Waals surface area contributed by atoms with Crippen LogP contribution >= 0.6 is 0 Å². The van der Waals surface area contributed by atoms with Crippen LogP contribution in [0.3, 0.4) is 0 Å². The van der Waals surface area contributed by atoms with Crippen molar-refractivity contribution in [2.45, 2.75) is 36.5 Å². The molecular weight excluding hydrogens is 325 g/mol. The van der Waals surface area contributed by atoms with Gasteiger partial charge in [-0.05, 0) is 24.5 Å². The number of amides is 2. The van der Waals surface area contributed by atoms with E-state index in [9.17, 15) is 27.9 Å². The van der Waals surface area contributed by atoms with E-state index in [4.69, 9.17) is 5.73 Å². The predicted octanol–water partition coefficient (Wildman–Crippen LogP) is 1.19. The third-order valence-corrected chi connectivity index (χ3v) is 4.90. The topological polar surface area (TPSA) is 83.6 Å². The van der Waals surface area contributed by atoms with Crippen LogP contribution in [0.15, 0.2) is 24.3 Å². The van der Waals surface area contributed by atoms with Crippen molar-refractivity contribution in [3.05, 3.63) is 35.4 Å². The molecule has 2 amide bonds. The fourth-order valence-electron chi connectivity index (χ4n) is 3.22. The summed E-state index contributed by atoms with van der Waals surface area (Å²) in [6.07, 6.45) is -3.56. The molecule has 130 valence electrons. The zero-order valence-corrected chi connectivity index (χ0v) is 12.8. The molecule has 3 rings (SSSR count). The summed E-state index contributed by atoms with van der Waals surface area (Å²) in [6.45, 7) is -0.0686. The van der Waals surface area contributed by atoms with Crippen molar-refractivity contribution in [1.29, 1.82) is 0 Å². The van der Waals surface area contributed by atoms with Crippen LogP contribution in [0.25, 0.3) is 0 Å². The Morgan fingerprint density at radius 1 is 1.21 bits per heavy atom. The summed E-state index contributed by atoms with van der Waals surface area (Å²) in [7, 11) is 0. The molecule has 8 heteroatoms. The zero-order chi connectivity index (χ0) is 17.8. The maximum atomic E-state index is 12.9. The molecule has 2 aliphatic rings. The predicted molar refractivity (Wildman–Crippen MR) is 77.7 cm³/mol. The van der Waals surface area contributed by atoms with Gasteiger partial charge in [0.15, 0.2) is 5.60 Å². The number of carbonyl (C=O) groups is 2. The molecule has 0 spiro atoms. The minimum atomic E-state index is -4.48. The number of β-amino-alcohol motifs (C(OH)–C–C–N with tert-alkyl or cyclic N) is 1. The second-order valence-electron chi connectivity index (χ2n) is 6.53. The lowest BCUT2D eigenvalue weighted by Gasteiger charge is -2.25. The molecule has 1 aromatic rings. The van der Waals surface area contributed by atoms with E-state index in [1.165, 1.54) is 17.0 Å². The van der Waals surface area contributed by atoms with Crippen LogP contribution in [0.4, 0.5) is 13.2 Å². The third kappa shape index (κ3) is 2.64. The molecule has 1 aliphatic carbocycles. The molecule has 0 radical (unpaired) electrons. The molecule has 1 atom stereocenters. The van der Waals surface area contributed by atoms with Crippen molar-refractivity contribution in [3.63, 3.8) is 0 Å². The van der Waals surface area contributed by atoms with E-state index in [1.54, 1.807) is 0 Å². The first-order valence-corrected chi connectivity index (χ1v) is 7.58. The van der Waals surface area contributed by atoms with Crippen molar-refractivity contribution in [2.24, 2.45) is 5.73 Å². The number of likely N-dealkylation sites (tertiary alicyclic amines) is 1. The van der Waals surface area contributed by atoms with E-state index in [1.807, 2.05) is 0 Å². The van der Waals surface area contributed by atoms with Gasteiger partial charge in [0, 0.05) is 13.0 Å². The van der Waals surface area contributed by atoms with Gasteiger partial charge >= 0.3 is 6.18 Å². The number of nitrogens with zero attached hydrogens (tertiary/aromatic N) is 1. The van der Waals surface area contributed by atoms with E-state index in [0.29, 0.717) is 18.4 Å². The molecule has 1 saturated carbocycles. The van der Waals surface area contributed by atoms with Crippen LogP contribution in [0.2, 0.25) is 0 Å². The number of carbonyl (C=O) groups excluding carboxylic acids is 2. The summed E-state index contributed by atoms with van der Waals surface area (Å²) >= 11 is 0. The van der Waals surface area contributed by atoms with Gasteiger partial charge in [-0.2, -0.15) is 13.2 Å². The van der Waals surface area contributed by atoms with Gasteiger partial charge in [-0.3, -0.25) is 9.59 Å². The van der Waals surface area contributed by atoms with Gasteiger partial charge < -0.3 is 15.7 Å². The number of rotatable bonds is 3. The molecule has 3 N–H and O–H groups in total. The van der Waals surface area contributed by atoms with Gasteiger partial charge in [-0.1, -0.05) is 18.2 Å². The average molecular weight is 342 g/mol. The summed E-state index contributed by atoms with van der Waals surface area (Å²) in [4.78, 5) is 25.4. The number of alkyl halides is 3. The van der Waals surface area contributed by atoms with E-state index in [2.05, 4.69) is 0 Å². The number of hydrogen-bond acceptors (Lipinski definition) is 3. The second kappa shape index (κ2) is 5.20. The molecule has 24 heavy (non-hydrogen) atoms. The number of halogens is 3. The Morgan fingerprint density at radius 2 is 1.88 bits per heavy atom. The largest absolute Gasteiger partial charge is 0.416 e. The quantitative estimate of drug-likeness (QED) is 0.865. The third-order valence-electron chi connectivity index (χ3n) is 4.90. The molecule has 1 aliphatic heterocycles. The van der Waals surface area contributed by atoms with Crippen LogP contribution in [0.5, 0.6) is 0 Å². The molecule has 0 bridgehead atoms. The first kappa shape index (κ1) is 16.8. The van der Waals surface area contributed by atoms with Crippen molar-refractivity contribution >= 4 is 11.8 Å². The Balaban J connectivity index is 1.85. The van der Waals surface area contributed by atoms with E-state index >= 15 is 0 Å². The summed E-state index contributed by atoms with van der Waals surface area (Å²) in [5.74, 6) is -1.26. The van der Waals surface area contributed by atoms with Gasteiger partial charge in [0.25, 0.3) is 5.91 Å². The number of aliphatic hydroxyl groups is 1. The van der Waals surface area contributed by atoms with Crippen molar-refractivity contribution < 1.29 is 27.9 Å². The van der Waals surface area contributed by atoms with Gasteiger partial charge in [0.05, 0.1) is 17.5 Å². The van der Waals surface area contributed by atoms with Crippen molar-refractivity contribution in [2.75, 3.05) is 13.1 Å². The monoisotopic (exact) mass is 342 g/mol. The Morgan fingerprint density at radius 3 is 2.38 bits per heavy atom. The molecule has 1 aromatic carbocycles. The lowest BCUT2D eigenvalue weighted by atomic mass is 9.92. The van der Waals surface area contributed by atoms with Gasteiger partial charge in [-0.15, -0.1) is 0 Å². The van der Waals surface area contributed by atoms with Crippen molar-refractivity contribution in [1.82, 2.24) is 4.90 Å². The number of benzene rings is 1. The van der Waals surface area contributed by atoms with Gasteiger partial charge in [0.1, 0.15) is 0 Å². The number of primary amides is 1. The van der Waals surface area contributed by atoms with Gasteiger partial charge in [-0.25, -0.2) is 0 Å². The van der Waals surface area contributed by atoms with Crippen molar-refractivity contribution in [3.8, 4) is 0 Å².